The zero-order valence-corrected chi connectivity index (χ0v) is 7.61. The number of nitrogens with two attached hydrogens (primary N) is 1. The summed E-state index contributed by atoms with van der Waals surface area (Å²) in [6.45, 7) is 3.60. The number of hydroxylamine groups is 1. The number of urea groups is 1. The van der Waals surface area contributed by atoms with Gasteiger partial charge in [-0.1, -0.05) is 18.2 Å². The van der Waals surface area contributed by atoms with Crippen LogP contribution >= 0.6 is 0 Å². The van der Waals surface area contributed by atoms with E-state index in [9.17, 15) is 10.0 Å². The Balaban J connectivity index is 3.20. The normalized spacial score (nSPS) is 9.77. The summed E-state index contributed by atoms with van der Waals surface area (Å²) in [5, 5.41) is 9.78. The molecule has 0 heterocycles. The molecule has 2 amide bonds. The number of primary amides is 1. The molecule has 70 valence electrons. The highest BCUT2D eigenvalue weighted by Crippen LogP contribution is 2.22. The summed E-state index contributed by atoms with van der Waals surface area (Å²) in [7, 11) is 0. The molecule has 0 aromatic heterocycles. The molecule has 0 aliphatic carbocycles. The Morgan fingerprint density at radius 2 is 1.85 bits per heavy atom. The number of hydrogen-bond acceptors (Lipinski definition) is 2. The van der Waals surface area contributed by atoms with Crippen molar-refractivity contribution in [2.24, 2.45) is 5.73 Å². The van der Waals surface area contributed by atoms with E-state index in [2.05, 4.69) is 0 Å². The fourth-order valence-corrected chi connectivity index (χ4v) is 1.25. The summed E-state index contributed by atoms with van der Waals surface area (Å²) in [6, 6.07) is 4.57. The molecule has 4 nitrogen and oxygen atoms in total. The standard InChI is InChI=1S/C9H12N2O2/c1-6-4-3-5-7(2)8(6)11(13)9(10)12/h3-5,13H,1-2H3,(H2,10,12). The van der Waals surface area contributed by atoms with Gasteiger partial charge in [0.1, 0.15) is 0 Å². The molecule has 1 aromatic rings. The zero-order chi connectivity index (χ0) is 10.0. The lowest BCUT2D eigenvalue weighted by Crippen LogP contribution is -2.33. The molecular weight excluding hydrogens is 168 g/mol. The molecule has 0 aliphatic rings. The Morgan fingerprint density at radius 3 is 2.23 bits per heavy atom. The summed E-state index contributed by atoms with van der Waals surface area (Å²) >= 11 is 0. The summed E-state index contributed by atoms with van der Waals surface area (Å²) in [5.74, 6) is 0. The Kier molecular flexibility index (Phi) is 2.53. The van der Waals surface area contributed by atoms with E-state index in [4.69, 9.17) is 5.73 Å². The average Bonchev–Trinajstić information content (AvgIpc) is 2.03. The van der Waals surface area contributed by atoms with Crippen LogP contribution in [-0.2, 0) is 0 Å². The van der Waals surface area contributed by atoms with Crippen molar-refractivity contribution in [3.63, 3.8) is 0 Å². The van der Waals surface area contributed by atoms with Crippen molar-refractivity contribution in [2.75, 3.05) is 5.06 Å². The Morgan fingerprint density at radius 1 is 1.38 bits per heavy atom. The molecule has 0 aliphatic heterocycles. The fourth-order valence-electron chi connectivity index (χ4n) is 1.25. The summed E-state index contributed by atoms with van der Waals surface area (Å²) in [4.78, 5) is 10.7. The SMILES string of the molecule is Cc1cccc(C)c1N(O)C(N)=O. The highest BCUT2D eigenvalue weighted by Gasteiger charge is 2.13. The van der Waals surface area contributed by atoms with Crippen LogP contribution in [-0.4, -0.2) is 11.2 Å². The van der Waals surface area contributed by atoms with Crippen LogP contribution in [0.3, 0.4) is 0 Å². The van der Waals surface area contributed by atoms with Crippen LogP contribution in [0, 0.1) is 13.8 Å². The molecule has 0 bridgehead atoms. The Bertz CT molecular complexity index is 316. The van der Waals surface area contributed by atoms with Crippen molar-refractivity contribution in [3.05, 3.63) is 29.3 Å². The van der Waals surface area contributed by atoms with Crippen LogP contribution in [0.2, 0.25) is 0 Å². The number of para-hydroxylation sites is 1. The van der Waals surface area contributed by atoms with Crippen molar-refractivity contribution in [1.29, 1.82) is 0 Å². The topological polar surface area (TPSA) is 66.6 Å². The van der Waals surface area contributed by atoms with Gasteiger partial charge >= 0.3 is 6.03 Å². The van der Waals surface area contributed by atoms with Crippen LogP contribution in [0.5, 0.6) is 0 Å². The van der Waals surface area contributed by atoms with Crippen LogP contribution in [0.25, 0.3) is 0 Å². The maximum atomic E-state index is 10.7. The van der Waals surface area contributed by atoms with Gasteiger partial charge in [0, 0.05) is 0 Å². The summed E-state index contributed by atoms with van der Waals surface area (Å²) < 4.78 is 0. The molecule has 1 rings (SSSR count). The van der Waals surface area contributed by atoms with E-state index in [1.807, 2.05) is 6.07 Å². The van der Waals surface area contributed by atoms with Gasteiger partial charge in [-0.2, -0.15) is 5.06 Å². The maximum absolute atomic E-state index is 10.7. The lowest BCUT2D eigenvalue weighted by atomic mass is 10.1. The van der Waals surface area contributed by atoms with E-state index in [1.165, 1.54) is 0 Å². The predicted molar refractivity (Wildman–Crippen MR) is 49.8 cm³/mol. The zero-order valence-electron chi connectivity index (χ0n) is 7.61. The molecule has 0 spiro atoms. The van der Waals surface area contributed by atoms with Gasteiger partial charge in [0.25, 0.3) is 0 Å². The van der Waals surface area contributed by atoms with Crippen LogP contribution in [0.15, 0.2) is 18.2 Å². The first-order valence-corrected chi connectivity index (χ1v) is 3.88. The van der Waals surface area contributed by atoms with Crippen molar-refractivity contribution in [3.8, 4) is 0 Å². The van der Waals surface area contributed by atoms with Crippen molar-refractivity contribution in [2.45, 2.75) is 13.8 Å². The second-order valence-corrected chi connectivity index (χ2v) is 2.89. The smallest absolute Gasteiger partial charge is 0.343 e. The molecule has 13 heavy (non-hydrogen) atoms. The van der Waals surface area contributed by atoms with Crippen LogP contribution < -0.4 is 10.8 Å². The van der Waals surface area contributed by atoms with E-state index in [-0.39, 0.29) is 0 Å². The number of nitrogens with zero attached hydrogens (tertiary/aromatic N) is 1. The van der Waals surface area contributed by atoms with E-state index < -0.39 is 6.03 Å². The minimum absolute atomic E-state index is 0.454. The number of hydrogen-bond donors (Lipinski definition) is 2. The quantitative estimate of drug-likeness (QED) is 0.509. The summed E-state index contributed by atoms with van der Waals surface area (Å²) in [6.07, 6.45) is 0. The Labute approximate surface area is 76.5 Å². The number of benzene rings is 1. The van der Waals surface area contributed by atoms with Crippen LogP contribution in [0.4, 0.5) is 10.5 Å². The van der Waals surface area contributed by atoms with Gasteiger partial charge in [0.15, 0.2) is 0 Å². The van der Waals surface area contributed by atoms with E-state index >= 15 is 0 Å². The second kappa shape index (κ2) is 3.45. The average molecular weight is 180 g/mol. The largest absolute Gasteiger partial charge is 0.349 e. The third-order valence-electron chi connectivity index (χ3n) is 1.86. The number of aryl methyl sites for hydroxylation is 2. The first-order valence-electron chi connectivity index (χ1n) is 3.88. The molecule has 0 radical (unpaired) electrons. The minimum atomic E-state index is -0.877. The molecule has 0 saturated heterocycles. The predicted octanol–water partition coefficient (Wildman–Crippen LogP) is 1.58. The maximum Gasteiger partial charge on any atom is 0.343 e. The summed E-state index contributed by atoms with van der Waals surface area (Å²) in [5.41, 5.74) is 7.01. The molecule has 0 atom stereocenters. The molecular formula is C9H12N2O2. The lowest BCUT2D eigenvalue weighted by Gasteiger charge is -2.16. The second-order valence-electron chi connectivity index (χ2n) is 2.89. The van der Waals surface area contributed by atoms with Gasteiger partial charge in [-0.15, -0.1) is 0 Å². The number of rotatable bonds is 1. The number of carbonyl (C=O) groups is 1. The highest BCUT2D eigenvalue weighted by molar-refractivity contribution is 5.89. The molecule has 0 unspecified atom stereocenters. The number of amides is 2. The van der Waals surface area contributed by atoms with Gasteiger partial charge < -0.3 is 5.73 Å². The first-order chi connectivity index (χ1) is 6.04. The van der Waals surface area contributed by atoms with E-state index in [0.29, 0.717) is 10.8 Å². The third-order valence-corrected chi connectivity index (χ3v) is 1.86. The first kappa shape index (κ1) is 9.54. The van der Waals surface area contributed by atoms with Crippen molar-refractivity contribution < 1.29 is 10.0 Å². The lowest BCUT2D eigenvalue weighted by molar-refractivity contribution is 0.212. The third kappa shape index (κ3) is 1.78. The molecule has 1 aromatic carbocycles. The molecule has 4 heteroatoms. The van der Waals surface area contributed by atoms with Gasteiger partial charge in [0.2, 0.25) is 0 Å². The highest BCUT2D eigenvalue weighted by atomic mass is 16.5. The van der Waals surface area contributed by atoms with E-state index in [0.717, 1.165) is 11.1 Å². The molecule has 3 N–H and O–H groups in total. The van der Waals surface area contributed by atoms with Gasteiger partial charge in [-0.25, -0.2) is 4.79 Å². The number of anilines is 1. The van der Waals surface area contributed by atoms with Gasteiger partial charge in [-0.3, -0.25) is 5.21 Å². The van der Waals surface area contributed by atoms with Crippen molar-refractivity contribution >= 4 is 11.7 Å². The minimum Gasteiger partial charge on any atom is -0.349 e. The van der Waals surface area contributed by atoms with Crippen LogP contribution in [0.1, 0.15) is 11.1 Å². The molecule has 0 fully saturated rings. The van der Waals surface area contributed by atoms with Gasteiger partial charge in [0.05, 0.1) is 5.69 Å². The Hall–Kier alpha value is -1.55. The monoisotopic (exact) mass is 180 g/mol. The molecule has 0 saturated carbocycles. The van der Waals surface area contributed by atoms with E-state index in [1.54, 1.807) is 26.0 Å². The van der Waals surface area contributed by atoms with Gasteiger partial charge in [-0.05, 0) is 25.0 Å². The van der Waals surface area contributed by atoms with Crippen molar-refractivity contribution in [1.82, 2.24) is 0 Å². The fraction of sp³-hybridized carbons (Fsp3) is 0.222. The number of carbonyl (C=O) groups excluding carboxylic acids is 1.